The average Bonchev–Trinajstić information content (AvgIpc) is 3.69. The Labute approximate surface area is 249 Å². The number of aliphatic hydroxyl groups excluding tert-OH is 1. The fourth-order valence-electron chi connectivity index (χ4n) is 10.8. The fraction of sp³-hybridized carbons (Fsp3) is 0.886. The van der Waals surface area contributed by atoms with Gasteiger partial charge in [0.05, 0.1) is 6.10 Å². The van der Waals surface area contributed by atoms with Gasteiger partial charge in [-0.3, -0.25) is 4.79 Å². The Bertz CT molecular complexity index is 1040. The number of carbonyl (C=O) groups excluding carboxylic acids is 2. The summed E-state index contributed by atoms with van der Waals surface area (Å²) in [6.07, 6.45) is 16.1. The zero-order valence-electron chi connectivity index (χ0n) is 26.6. The van der Waals surface area contributed by atoms with Crippen molar-refractivity contribution in [3.63, 3.8) is 0 Å². The second-order valence-electron chi connectivity index (χ2n) is 15.9. The molecule has 230 valence electrons. The highest BCUT2D eigenvalue weighted by molar-refractivity contribution is 5.78. The summed E-state index contributed by atoms with van der Waals surface area (Å²) in [5.74, 6) is 4.63. The molecule has 0 aromatic carbocycles. The van der Waals surface area contributed by atoms with Crippen molar-refractivity contribution in [3.05, 3.63) is 11.6 Å². The molecular formula is C35H57N3O3. The van der Waals surface area contributed by atoms with Gasteiger partial charge in [-0.25, -0.2) is 4.79 Å². The van der Waals surface area contributed by atoms with Crippen LogP contribution in [0.1, 0.15) is 105 Å². The van der Waals surface area contributed by atoms with Crippen LogP contribution in [0.25, 0.3) is 0 Å². The molecule has 6 aliphatic rings. The van der Waals surface area contributed by atoms with Crippen LogP contribution in [-0.2, 0) is 4.79 Å². The molecule has 2 unspecified atom stereocenters. The van der Waals surface area contributed by atoms with E-state index in [1.165, 1.54) is 44.9 Å². The number of allylic oxidation sites excluding steroid dienone is 1. The van der Waals surface area contributed by atoms with Gasteiger partial charge < -0.3 is 19.8 Å². The molecule has 6 rings (SSSR count). The highest BCUT2D eigenvalue weighted by Crippen LogP contribution is 2.67. The Kier molecular flexibility index (Phi) is 8.04. The standard InChI is InChI=1S/C35H57N3O3/c1-23(6-13-32(40)37-18-19-38(24(2)21-37)33(41)36(5)22-25-7-8-25)29-11-12-30-28-10-9-26-20-27(39)14-16-34(26,3)31(28)15-17-35(29,30)4/h9,23-25,27-31,39H,6-8,10-22H2,1-5H3/t23?,24?,27-,28-,29+,30-,31-,34-,35+/m0/s1. The van der Waals surface area contributed by atoms with Crippen molar-refractivity contribution < 1.29 is 14.7 Å². The first kappa shape index (κ1) is 29.5. The number of hydrogen-bond donors (Lipinski definition) is 1. The molecule has 1 aliphatic heterocycles. The number of carbonyl (C=O) groups is 2. The van der Waals surface area contributed by atoms with Gasteiger partial charge in [-0.1, -0.05) is 32.4 Å². The number of aliphatic hydroxyl groups is 1. The minimum absolute atomic E-state index is 0.0725. The summed E-state index contributed by atoms with van der Waals surface area (Å²) in [5.41, 5.74) is 2.26. The van der Waals surface area contributed by atoms with Crippen molar-refractivity contribution in [2.24, 2.45) is 46.3 Å². The van der Waals surface area contributed by atoms with Crippen LogP contribution in [0.15, 0.2) is 11.6 Å². The first-order valence-electron chi connectivity index (χ1n) is 17.2. The lowest BCUT2D eigenvalue weighted by molar-refractivity contribution is -0.134. The maximum Gasteiger partial charge on any atom is 0.320 e. The van der Waals surface area contributed by atoms with Crippen molar-refractivity contribution >= 4 is 11.9 Å². The van der Waals surface area contributed by atoms with E-state index in [0.717, 1.165) is 50.0 Å². The van der Waals surface area contributed by atoms with Crippen LogP contribution in [0.3, 0.4) is 0 Å². The Morgan fingerprint density at radius 3 is 2.59 bits per heavy atom. The zero-order valence-corrected chi connectivity index (χ0v) is 26.6. The molecule has 9 atom stereocenters. The van der Waals surface area contributed by atoms with Crippen LogP contribution < -0.4 is 0 Å². The van der Waals surface area contributed by atoms with Gasteiger partial charge in [0.25, 0.3) is 0 Å². The molecule has 5 aliphatic carbocycles. The Balaban J connectivity index is 1.02. The zero-order chi connectivity index (χ0) is 29.1. The summed E-state index contributed by atoms with van der Waals surface area (Å²) in [7, 11) is 1.93. The minimum atomic E-state index is -0.132. The number of amides is 3. The number of fused-ring (bicyclic) bond motifs is 5. The van der Waals surface area contributed by atoms with Crippen molar-refractivity contribution in [1.82, 2.24) is 14.7 Å². The Morgan fingerprint density at radius 1 is 1.07 bits per heavy atom. The van der Waals surface area contributed by atoms with Crippen LogP contribution in [0, 0.1) is 46.3 Å². The molecule has 5 fully saturated rings. The van der Waals surface area contributed by atoms with Gasteiger partial charge in [-0.15, -0.1) is 0 Å². The molecule has 6 nitrogen and oxygen atoms in total. The summed E-state index contributed by atoms with van der Waals surface area (Å²) in [6, 6.07) is 0.201. The number of piperazine rings is 1. The molecule has 0 aromatic heterocycles. The van der Waals surface area contributed by atoms with Crippen LogP contribution in [-0.4, -0.2) is 77.1 Å². The SMILES string of the molecule is CC(CCC(=O)N1CCN(C(=O)N(C)CC2CC2)C(C)C1)[C@H]1CC[C@H]2[C@@H]3CC=C4C[C@@H](O)CC[C@]4(C)[C@H]3CC[C@]12C. The molecule has 4 saturated carbocycles. The third-order valence-electron chi connectivity index (χ3n) is 13.4. The molecule has 0 bridgehead atoms. The van der Waals surface area contributed by atoms with E-state index >= 15 is 0 Å². The Hall–Kier alpha value is -1.56. The lowest BCUT2D eigenvalue weighted by atomic mass is 9.47. The van der Waals surface area contributed by atoms with Crippen LogP contribution in [0.4, 0.5) is 4.79 Å². The van der Waals surface area contributed by atoms with Gasteiger partial charge in [-0.2, -0.15) is 0 Å². The van der Waals surface area contributed by atoms with E-state index in [0.29, 0.717) is 54.6 Å². The van der Waals surface area contributed by atoms with Crippen molar-refractivity contribution in [2.45, 2.75) is 117 Å². The predicted octanol–water partition coefficient (Wildman–Crippen LogP) is 6.34. The predicted molar refractivity (Wildman–Crippen MR) is 163 cm³/mol. The fourth-order valence-corrected chi connectivity index (χ4v) is 10.8. The summed E-state index contributed by atoms with van der Waals surface area (Å²) < 4.78 is 0. The topological polar surface area (TPSA) is 64.1 Å². The summed E-state index contributed by atoms with van der Waals surface area (Å²) >= 11 is 0. The number of rotatable bonds is 6. The van der Waals surface area contributed by atoms with Gasteiger partial charge in [0.2, 0.25) is 5.91 Å². The van der Waals surface area contributed by atoms with E-state index < -0.39 is 0 Å². The second-order valence-corrected chi connectivity index (χ2v) is 15.9. The van der Waals surface area contributed by atoms with Crippen molar-refractivity contribution in [1.29, 1.82) is 0 Å². The third-order valence-corrected chi connectivity index (χ3v) is 13.4. The molecule has 6 heteroatoms. The van der Waals surface area contributed by atoms with Crippen LogP contribution in [0.2, 0.25) is 0 Å². The van der Waals surface area contributed by atoms with Crippen LogP contribution >= 0.6 is 0 Å². The van der Waals surface area contributed by atoms with E-state index in [-0.39, 0.29) is 24.1 Å². The molecule has 0 aromatic rings. The van der Waals surface area contributed by atoms with Gasteiger partial charge in [-0.05, 0) is 124 Å². The largest absolute Gasteiger partial charge is 0.393 e. The molecule has 3 amide bonds. The van der Waals surface area contributed by atoms with Gasteiger partial charge in [0, 0.05) is 45.7 Å². The van der Waals surface area contributed by atoms with Crippen molar-refractivity contribution in [2.75, 3.05) is 33.2 Å². The first-order chi connectivity index (χ1) is 19.5. The maximum absolute atomic E-state index is 13.4. The molecule has 1 saturated heterocycles. The Morgan fingerprint density at radius 2 is 1.85 bits per heavy atom. The second kappa shape index (κ2) is 11.2. The van der Waals surface area contributed by atoms with Gasteiger partial charge in [0.15, 0.2) is 0 Å². The van der Waals surface area contributed by atoms with E-state index in [1.807, 2.05) is 21.7 Å². The number of hydrogen-bond acceptors (Lipinski definition) is 3. The third kappa shape index (κ3) is 5.38. The van der Waals surface area contributed by atoms with Crippen molar-refractivity contribution in [3.8, 4) is 0 Å². The molecular weight excluding hydrogens is 510 g/mol. The van der Waals surface area contributed by atoms with E-state index in [1.54, 1.807) is 5.57 Å². The molecule has 1 N–H and O–H groups in total. The lowest BCUT2D eigenvalue weighted by Gasteiger charge is -2.58. The molecule has 0 radical (unpaired) electrons. The van der Waals surface area contributed by atoms with Gasteiger partial charge >= 0.3 is 6.03 Å². The molecule has 0 spiro atoms. The quantitative estimate of drug-likeness (QED) is 0.381. The smallest absolute Gasteiger partial charge is 0.320 e. The van der Waals surface area contributed by atoms with E-state index in [4.69, 9.17) is 0 Å². The maximum atomic E-state index is 13.4. The number of nitrogens with zero attached hydrogens (tertiary/aromatic N) is 3. The van der Waals surface area contributed by atoms with Gasteiger partial charge in [0.1, 0.15) is 0 Å². The average molecular weight is 568 g/mol. The van der Waals surface area contributed by atoms with E-state index in [9.17, 15) is 14.7 Å². The number of urea groups is 1. The summed E-state index contributed by atoms with van der Waals surface area (Å²) in [4.78, 5) is 32.2. The monoisotopic (exact) mass is 567 g/mol. The normalized spacial score (nSPS) is 41.2. The highest BCUT2D eigenvalue weighted by atomic mass is 16.3. The van der Waals surface area contributed by atoms with Crippen LogP contribution in [0.5, 0.6) is 0 Å². The summed E-state index contributed by atoms with van der Waals surface area (Å²) in [6.45, 7) is 12.5. The first-order valence-corrected chi connectivity index (χ1v) is 17.2. The lowest BCUT2D eigenvalue weighted by Crippen LogP contribution is -2.58. The van der Waals surface area contributed by atoms with E-state index in [2.05, 4.69) is 33.8 Å². The molecule has 1 heterocycles. The molecule has 41 heavy (non-hydrogen) atoms. The minimum Gasteiger partial charge on any atom is -0.393 e. The highest BCUT2D eigenvalue weighted by Gasteiger charge is 2.59. The summed E-state index contributed by atoms with van der Waals surface area (Å²) in [5, 5.41) is 10.3.